The maximum absolute atomic E-state index is 12.9. The van der Waals surface area contributed by atoms with E-state index in [-0.39, 0.29) is 5.91 Å². The summed E-state index contributed by atoms with van der Waals surface area (Å²) < 4.78 is 40.1. The predicted octanol–water partition coefficient (Wildman–Crippen LogP) is 4.66. The molecule has 0 unspecified atom stereocenters. The van der Waals surface area contributed by atoms with Gasteiger partial charge in [-0.05, 0) is 30.3 Å². The van der Waals surface area contributed by atoms with Gasteiger partial charge in [-0.1, -0.05) is 0 Å². The summed E-state index contributed by atoms with van der Waals surface area (Å²) in [6.07, 6.45) is 1.62. The topological polar surface area (TPSA) is 46.9 Å². The molecule has 1 aliphatic heterocycles. The molecule has 0 bridgehead atoms. The van der Waals surface area contributed by atoms with Crippen molar-refractivity contribution in [1.82, 2.24) is 9.55 Å². The fourth-order valence-corrected chi connectivity index (χ4v) is 3.87. The summed E-state index contributed by atoms with van der Waals surface area (Å²) in [6, 6.07) is 6.43. The van der Waals surface area contributed by atoms with Gasteiger partial charge in [0.2, 0.25) is 0 Å². The number of nitrogens with one attached hydrogen (secondary N) is 1. The molecule has 4 nitrogen and oxygen atoms in total. The van der Waals surface area contributed by atoms with E-state index in [0.717, 1.165) is 22.7 Å². The van der Waals surface area contributed by atoms with Crippen LogP contribution in [0.3, 0.4) is 0 Å². The summed E-state index contributed by atoms with van der Waals surface area (Å²) in [4.78, 5) is 17.6. The van der Waals surface area contributed by atoms with E-state index in [0.29, 0.717) is 21.8 Å². The minimum absolute atomic E-state index is 0.221. The Morgan fingerprint density at radius 1 is 1.27 bits per heavy atom. The molecule has 1 amide bonds. The van der Waals surface area contributed by atoms with Crippen LogP contribution in [0.15, 0.2) is 42.9 Å². The van der Waals surface area contributed by atoms with Gasteiger partial charge in [0.15, 0.2) is 0 Å². The average molecular weight is 375 g/mol. The van der Waals surface area contributed by atoms with Crippen LogP contribution >= 0.6 is 11.3 Å². The van der Waals surface area contributed by atoms with E-state index in [1.165, 1.54) is 15.9 Å². The van der Waals surface area contributed by atoms with Crippen LogP contribution in [0.5, 0.6) is 0 Å². The van der Waals surface area contributed by atoms with Gasteiger partial charge in [0.1, 0.15) is 0 Å². The Morgan fingerprint density at radius 2 is 2.08 bits per heavy atom. The molecule has 26 heavy (non-hydrogen) atoms. The third kappa shape index (κ3) is 2.82. The van der Waals surface area contributed by atoms with Crippen LogP contribution in [-0.4, -0.2) is 15.5 Å². The fourth-order valence-electron chi connectivity index (χ4n) is 2.86. The average Bonchev–Trinajstić information content (AvgIpc) is 3.26. The molecule has 0 saturated carbocycles. The van der Waals surface area contributed by atoms with Crippen molar-refractivity contribution in [3.05, 3.63) is 58.9 Å². The summed E-state index contributed by atoms with van der Waals surface area (Å²) in [6.45, 7) is 0. The number of alkyl halides is 3. The van der Waals surface area contributed by atoms with Gasteiger partial charge in [0, 0.05) is 29.9 Å². The first-order valence-electron chi connectivity index (χ1n) is 7.64. The van der Waals surface area contributed by atoms with Crippen LogP contribution in [0.1, 0.15) is 16.0 Å². The number of aryl methyl sites for hydroxylation is 1. The van der Waals surface area contributed by atoms with Crippen LogP contribution in [-0.2, 0) is 18.0 Å². The van der Waals surface area contributed by atoms with Gasteiger partial charge in [-0.25, -0.2) is 0 Å². The number of rotatable bonds is 2. The number of halogens is 3. The van der Waals surface area contributed by atoms with Gasteiger partial charge in [0.05, 0.1) is 33.6 Å². The molecule has 0 aliphatic carbocycles. The summed E-state index contributed by atoms with van der Waals surface area (Å²) >= 11 is 1.33. The van der Waals surface area contributed by atoms with Crippen molar-refractivity contribution in [2.75, 3.05) is 5.32 Å². The standard InChI is InChI=1S/C18H12F3N3OS/c1-24-9-10(18(19,20)21)6-15(24)16-3-2-11(26-16)7-13-12-4-5-22-8-14(12)23-17(13)25/h2-9H,1H3,(H,23,25). The zero-order chi connectivity index (χ0) is 18.5. The molecule has 4 rings (SSSR count). The third-order valence-electron chi connectivity index (χ3n) is 4.10. The zero-order valence-corrected chi connectivity index (χ0v) is 14.3. The molecular formula is C18H12F3N3OS. The molecule has 4 heterocycles. The number of pyridine rings is 1. The number of hydrogen-bond donors (Lipinski definition) is 1. The van der Waals surface area contributed by atoms with Crippen LogP contribution in [0, 0.1) is 0 Å². The summed E-state index contributed by atoms with van der Waals surface area (Å²) in [5, 5.41) is 2.74. The van der Waals surface area contributed by atoms with Gasteiger partial charge >= 0.3 is 6.18 Å². The number of carbonyl (C=O) groups excluding carboxylic acids is 1. The first-order chi connectivity index (χ1) is 12.3. The Balaban J connectivity index is 1.70. The van der Waals surface area contributed by atoms with Crippen LogP contribution < -0.4 is 5.32 Å². The summed E-state index contributed by atoms with van der Waals surface area (Å²) in [7, 11) is 1.58. The van der Waals surface area contributed by atoms with E-state index in [4.69, 9.17) is 0 Å². The predicted molar refractivity (Wildman–Crippen MR) is 94.5 cm³/mol. The molecule has 0 fully saturated rings. The Kier molecular flexibility index (Phi) is 3.73. The number of hydrogen-bond acceptors (Lipinski definition) is 3. The van der Waals surface area contributed by atoms with E-state index in [1.54, 1.807) is 43.7 Å². The Labute approximate surface area is 150 Å². The van der Waals surface area contributed by atoms with Gasteiger partial charge < -0.3 is 9.88 Å². The number of anilines is 1. The second-order valence-electron chi connectivity index (χ2n) is 5.86. The van der Waals surface area contributed by atoms with E-state index in [1.807, 2.05) is 0 Å². The van der Waals surface area contributed by atoms with E-state index in [2.05, 4.69) is 10.3 Å². The van der Waals surface area contributed by atoms with E-state index < -0.39 is 11.7 Å². The first kappa shape index (κ1) is 16.6. The number of thiophene rings is 1. The number of amides is 1. The van der Waals surface area contributed by atoms with Gasteiger partial charge in [-0.2, -0.15) is 13.2 Å². The highest BCUT2D eigenvalue weighted by Gasteiger charge is 2.32. The largest absolute Gasteiger partial charge is 0.417 e. The third-order valence-corrected chi connectivity index (χ3v) is 5.16. The van der Waals surface area contributed by atoms with Crippen molar-refractivity contribution in [2.45, 2.75) is 6.18 Å². The lowest BCUT2D eigenvalue weighted by molar-refractivity contribution is -0.137. The van der Waals surface area contributed by atoms with Crippen molar-refractivity contribution in [3.8, 4) is 10.6 Å². The molecule has 0 atom stereocenters. The van der Waals surface area contributed by atoms with Crippen LogP contribution in [0.4, 0.5) is 18.9 Å². The van der Waals surface area contributed by atoms with Crippen LogP contribution in [0.2, 0.25) is 0 Å². The highest BCUT2D eigenvalue weighted by Crippen LogP contribution is 2.38. The molecule has 1 aliphatic rings. The maximum atomic E-state index is 12.9. The van der Waals surface area contributed by atoms with Crippen molar-refractivity contribution >= 4 is 34.6 Å². The second kappa shape index (κ2) is 5.84. The normalized spacial score (nSPS) is 15.4. The summed E-state index contributed by atoms with van der Waals surface area (Å²) in [5.41, 5.74) is 1.72. The summed E-state index contributed by atoms with van der Waals surface area (Å²) in [5.74, 6) is -0.221. The second-order valence-corrected chi connectivity index (χ2v) is 6.97. The molecule has 3 aromatic rings. The minimum Gasteiger partial charge on any atom is -0.349 e. The zero-order valence-electron chi connectivity index (χ0n) is 13.5. The molecule has 3 aromatic heterocycles. The van der Waals surface area contributed by atoms with Crippen molar-refractivity contribution in [3.63, 3.8) is 0 Å². The molecule has 1 N–H and O–H groups in total. The molecule has 132 valence electrons. The number of fused-ring (bicyclic) bond motifs is 1. The molecular weight excluding hydrogens is 363 g/mol. The number of nitrogens with zero attached hydrogens (tertiary/aromatic N) is 2. The van der Waals surface area contributed by atoms with E-state index >= 15 is 0 Å². The van der Waals surface area contributed by atoms with Gasteiger partial charge in [-0.15, -0.1) is 11.3 Å². The highest BCUT2D eigenvalue weighted by atomic mass is 32.1. The number of carbonyl (C=O) groups is 1. The minimum atomic E-state index is -4.38. The van der Waals surface area contributed by atoms with Crippen molar-refractivity contribution < 1.29 is 18.0 Å². The Bertz CT molecular complexity index is 1050. The molecule has 0 radical (unpaired) electrons. The van der Waals surface area contributed by atoms with Crippen LogP contribution in [0.25, 0.3) is 22.2 Å². The molecule has 0 aromatic carbocycles. The smallest absolute Gasteiger partial charge is 0.349 e. The fraction of sp³-hybridized carbons (Fsp3) is 0.111. The Hall–Kier alpha value is -2.87. The lowest BCUT2D eigenvalue weighted by Crippen LogP contribution is -2.03. The maximum Gasteiger partial charge on any atom is 0.417 e. The molecule has 0 spiro atoms. The lowest BCUT2D eigenvalue weighted by atomic mass is 10.1. The number of aromatic nitrogens is 2. The molecule has 8 heteroatoms. The first-order valence-corrected chi connectivity index (χ1v) is 8.46. The lowest BCUT2D eigenvalue weighted by Gasteiger charge is -2.00. The molecule has 0 saturated heterocycles. The quantitative estimate of drug-likeness (QED) is 0.662. The van der Waals surface area contributed by atoms with E-state index in [9.17, 15) is 18.0 Å². The highest BCUT2D eigenvalue weighted by molar-refractivity contribution is 7.16. The van der Waals surface area contributed by atoms with Crippen molar-refractivity contribution in [1.29, 1.82) is 0 Å². The van der Waals surface area contributed by atoms with Gasteiger partial charge in [-0.3, -0.25) is 9.78 Å². The van der Waals surface area contributed by atoms with Crippen molar-refractivity contribution in [2.24, 2.45) is 7.05 Å². The Morgan fingerprint density at radius 3 is 2.81 bits per heavy atom. The SMILES string of the molecule is Cn1cc(C(F)(F)F)cc1-c1ccc(C=C2C(=O)Nc3cnccc32)s1. The monoisotopic (exact) mass is 375 g/mol. The van der Waals surface area contributed by atoms with Gasteiger partial charge in [0.25, 0.3) is 5.91 Å².